The zero-order valence-corrected chi connectivity index (χ0v) is 12.9. The average molecular weight is 295 g/mol. The van der Waals surface area contributed by atoms with Crippen LogP contribution in [0.5, 0.6) is 5.75 Å². The molecule has 3 heteroatoms. The van der Waals surface area contributed by atoms with Crippen molar-refractivity contribution >= 4 is 11.6 Å². The van der Waals surface area contributed by atoms with Gasteiger partial charge >= 0.3 is 0 Å². The van der Waals surface area contributed by atoms with Gasteiger partial charge in [0.2, 0.25) is 0 Å². The molecule has 1 fully saturated rings. The van der Waals surface area contributed by atoms with E-state index in [9.17, 15) is 4.79 Å². The number of hydrogen-bond acceptors (Lipinski definition) is 2. The predicted octanol–water partition coefficient (Wildman–Crippen LogP) is 3.98. The average Bonchev–Trinajstić information content (AvgIpc) is 2.93. The van der Waals surface area contributed by atoms with E-state index in [1.165, 1.54) is 5.56 Å². The smallest absolute Gasteiger partial charge is 0.268 e. The minimum atomic E-state index is -0.377. The van der Waals surface area contributed by atoms with Gasteiger partial charge in [-0.3, -0.25) is 4.79 Å². The van der Waals surface area contributed by atoms with Crippen LogP contribution in [0.2, 0.25) is 0 Å². The molecule has 0 radical (unpaired) electrons. The fourth-order valence-corrected chi connectivity index (χ4v) is 2.41. The normalized spacial score (nSPS) is 16.9. The number of hydrogen-bond donors (Lipinski definition) is 0. The van der Waals surface area contributed by atoms with Crippen LogP contribution in [-0.2, 0) is 4.79 Å². The van der Waals surface area contributed by atoms with E-state index in [-0.39, 0.29) is 12.0 Å². The molecule has 1 amide bonds. The third-order valence-electron chi connectivity index (χ3n) is 3.52. The highest BCUT2D eigenvalue weighted by Crippen LogP contribution is 2.24. The lowest BCUT2D eigenvalue weighted by molar-refractivity contribution is -0.122. The molecule has 1 aliphatic heterocycles. The molecule has 0 bridgehead atoms. The van der Waals surface area contributed by atoms with Crippen molar-refractivity contribution in [1.82, 2.24) is 0 Å². The molecule has 3 nitrogen and oxygen atoms in total. The predicted molar refractivity (Wildman–Crippen MR) is 90.3 cm³/mol. The lowest BCUT2D eigenvalue weighted by Crippen LogP contribution is -2.32. The molecule has 0 aliphatic carbocycles. The van der Waals surface area contributed by atoms with E-state index in [0.29, 0.717) is 6.54 Å². The first-order valence-electron chi connectivity index (χ1n) is 7.34. The van der Waals surface area contributed by atoms with Crippen LogP contribution >= 0.6 is 0 Å². The third-order valence-corrected chi connectivity index (χ3v) is 3.52. The van der Waals surface area contributed by atoms with Crippen molar-refractivity contribution in [2.75, 3.05) is 11.4 Å². The van der Waals surface area contributed by atoms with Gasteiger partial charge in [-0.2, -0.15) is 0 Å². The molecule has 0 saturated carbocycles. The molecule has 1 atom stereocenters. The lowest BCUT2D eigenvalue weighted by atomic mass is 10.2. The molecule has 2 aromatic rings. The van der Waals surface area contributed by atoms with E-state index in [0.717, 1.165) is 17.9 Å². The quantitative estimate of drug-likeness (QED) is 0.802. The highest BCUT2D eigenvalue weighted by atomic mass is 16.5. The molecule has 3 rings (SSSR count). The zero-order valence-electron chi connectivity index (χ0n) is 12.9. The largest absolute Gasteiger partial charge is 0.481 e. The number of ether oxygens (including phenoxy) is 1. The maximum atomic E-state index is 12.4. The number of rotatable bonds is 3. The van der Waals surface area contributed by atoms with Gasteiger partial charge in [-0.1, -0.05) is 35.9 Å². The lowest BCUT2D eigenvalue weighted by Gasteiger charge is -2.17. The fourth-order valence-electron chi connectivity index (χ4n) is 2.41. The number of carbonyl (C=O) groups is 1. The van der Waals surface area contributed by atoms with Gasteiger partial charge in [-0.25, -0.2) is 0 Å². The van der Waals surface area contributed by atoms with Gasteiger partial charge in [0, 0.05) is 18.7 Å². The summed E-state index contributed by atoms with van der Waals surface area (Å²) < 4.78 is 5.80. The summed E-state index contributed by atoms with van der Waals surface area (Å²) >= 11 is 0. The number of anilines is 1. The van der Waals surface area contributed by atoms with Crippen LogP contribution in [-0.4, -0.2) is 18.6 Å². The monoisotopic (exact) mass is 295 g/mol. The summed E-state index contributed by atoms with van der Waals surface area (Å²) in [5.41, 5.74) is 2.12. The molecular formula is C19H21NO2. The second-order valence-electron chi connectivity index (χ2n) is 5.03. The number of benzene rings is 2. The van der Waals surface area contributed by atoms with Crippen LogP contribution in [0.1, 0.15) is 12.0 Å². The van der Waals surface area contributed by atoms with E-state index < -0.39 is 0 Å². The summed E-state index contributed by atoms with van der Waals surface area (Å²) in [5, 5.41) is 0. The van der Waals surface area contributed by atoms with Crippen molar-refractivity contribution in [2.45, 2.75) is 19.4 Å². The second kappa shape index (κ2) is 7.46. The first-order valence-corrected chi connectivity index (χ1v) is 7.34. The maximum Gasteiger partial charge on any atom is 0.268 e. The van der Waals surface area contributed by atoms with E-state index in [1.54, 1.807) is 4.90 Å². The summed E-state index contributed by atoms with van der Waals surface area (Å²) in [6.07, 6.45) is 0.347. The Hall–Kier alpha value is -2.55. The van der Waals surface area contributed by atoms with Gasteiger partial charge in [0.25, 0.3) is 5.91 Å². The minimum Gasteiger partial charge on any atom is -0.481 e. The Labute approximate surface area is 131 Å². The maximum absolute atomic E-state index is 12.4. The van der Waals surface area contributed by atoms with Gasteiger partial charge in [-0.05, 0) is 31.2 Å². The molecule has 2 aromatic carbocycles. The Kier molecular flexibility index (Phi) is 5.37. The molecule has 1 unspecified atom stereocenters. The third kappa shape index (κ3) is 3.55. The molecule has 0 spiro atoms. The number of carbonyl (C=O) groups excluding carboxylic acids is 1. The van der Waals surface area contributed by atoms with Crippen molar-refractivity contribution in [1.29, 1.82) is 0 Å². The molecule has 1 aliphatic rings. The van der Waals surface area contributed by atoms with Gasteiger partial charge < -0.3 is 9.64 Å². The number of aryl methyl sites for hydroxylation is 1. The Morgan fingerprint density at radius 3 is 2.32 bits per heavy atom. The van der Waals surface area contributed by atoms with Crippen molar-refractivity contribution in [3.8, 4) is 5.75 Å². The Morgan fingerprint density at radius 2 is 1.68 bits per heavy atom. The van der Waals surface area contributed by atoms with E-state index >= 15 is 0 Å². The van der Waals surface area contributed by atoms with Crippen molar-refractivity contribution < 1.29 is 9.53 Å². The molecule has 114 valence electrons. The topological polar surface area (TPSA) is 29.5 Å². The van der Waals surface area contributed by atoms with E-state index in [2.05, 4.69) is 13.2 Å². The van der Waals surface area contributed by atoms with Crippen molar-refractivity contribution in [2.24, 2.45) is 0 Å². The van der Waals surface area contributed by atoms with Crippen LogP contribution in [0, 0.1) is 6.92 Å². The van der Waals surface area contributed by atoms with Gasteiger partial charge in [0.05, 0.1) is 0 Å². The van der Waals surface area contributed by atoms with Crippen LogP contribution in [0.4, 0.5) is 5.69 Å². The van der Waals surface area contributed by atoms with Crippen LogP contribution < -0.4 is 9.64 Å². The van der Waals surface area contributed by atoms with Crippen molar-refractivity contribution in [3.05, 3.63) is 73.3 Å². The summed E-state index contributed by atoms with van der Waals surface area (Å²) in [5.74, 6) is 0.792. The van der Waals surface area contributed by atoms with Crippen LogP contribution in [0.3, 0.4) is 0 Å². The Bertz CT molecular complexity index is 607. The number of para-hydroxylation sites is 1. The van der Waals surface area contributed by atoms with Crippen molar-refractivity contribution in [3.63, 3.8) is 0 Å². The molecule has 1 saturated heterocycles. The Morgan fingerprint density at radius 1 is 1.05 bits per heavy atom. The number of nitrogens with zero attached hydrogens (tertiary/aromatic N) is 1. The van der Waals surface area contributed by atoms with Crippen LogP contribution in [0.15, 0.2) is 67.8 Å². The molecule has 0 aromatic heterocycles. The van der Waals surface area contributed by atoms with E-state index in [1.807, 2.05) is 61.5 Å². The van der Waals surface area contributed by atoms with E-state index in [4.69, 9.17) is 4.74 Å². The van der Waals surface area contributed by atoms with Gasteiger partial charge in [0.15, 0.2) is 6.10 Å². The Balaban J connectivity index is 0.000000847. The first kappa shape index (κ1) is 15.8. The summed E-state index contributed by atoms with van der Waals surface area (Å²) in [7, 11) is 0. The second-order valence-corrected chi connectivity index (χ2v) is 5.03. The molecule has 1 heterocycles. The molecular weight excluding hydrogens is 274 g/mol. The summed E-state index contributed by atoms with van der Waals surface area (Å²) in [4.78, 5) is 14.2. The van der Waals surface area contributed by atoms with Crippen LogP contribution in [0.25, 0.3) is 0 Å². The fraction of sp³-hybridized carbons (Fsp3) is 0.211. The first-order chi connectivity index (χ1) is 10.7. The highest BCUT2D eigenvalue weighted by molar-refractivity contribution is 5.98. The SMILES string of the molecule is C=C.Cc1ccc(OC2CCN(c3ccccc3)C2=O)cc1. The highest BCUT2D eigenvalue weighted by Gasteiger charge is 2.34. The molecule has 22 heavy (non-hydrogen) atoms. The minimum absolute atomic E-state index is 0.0387. The summed E-state index contributed by atoms with van der Waals surface area (Å²) in [6, 6.07) is 17.5. The standard InChI is InChI=1S/C17H17NO2.C2H4/c1-13-7-9-15(10-8-13)20-16-11-12-18(17(16)19)14-5-3-2-4-6-14;1-2/h2-10,16H,11-12H2,1H3;1-2H2. The molecule has 0 N–H and O–H groups in total. The number of amides is 1. The zero-order chi connectivity index (χ0) is 15.9. The summed E-state index contributed by atoms with van der Waals surface area (Å²) in [6.45, 7) is 8.74. The van der Waals surface area contributed by atoms with Gasteiger partial charge in [0.1, 0.15) is 5.75 Å². The van der Waals surface area contributed by atoms with Gasteiger partial charge in [-0.15, -0.1) is 13.2 Å².